The molecule has 0 atom stereocenters. The van der Waals surface area contributed by atoms with E-state index in [2.05, 4.69) is 24.1 Å². The molecule has 0 unspecified atom stereocenters. The number of aromatic nitrogens is 1. The Hall–Kier alpha value is -0.830. The molecule has 0 radical (unpaired) electrons. The van der Waals surface area contributed by atoms with Gasteiger partial charge in [0.1, 0.15) is 5.76 Å². The average Bonchev–Trinajstić information content (AvgIpc) is 2.83. The monoisotopic (exact) mass is 180 g/mol. The molecule has 0 aromatic carbocycles. The standard InChI is InChI=1S/C10H16N2O/c1-7(2)11-6-10-12-5-9(13-10)8-3-4-8/h5,7-8,11H,3-4,6H2,1-2H3. The Morgan fingerprint density at radius 2 is 2.38 bits per heavy atom. The van der Waals surface area contributed by atoms with Crippen LogP contribution in [0.2, 0.25) is 0 Å². The van der Waals surface area contributed by atoms with Gasteiger partial charge < -0.3 is 9.73 Å². The van der Waals surface area contributed by atoms with Gasteiger partial charge in [-0.05, 0) is 12.8 Å². The van der Waals surface area contributed by atoms with E-state index in [4.69, 9.17) is 4.42 Å². The maximum atomic E-state index is 5.58. The van der Waals surface area contributed by atoms with E-state index in [9.17, 15) is 0 Å². The van der Waals surface area contributed by atoms with Crippen LogP contribution in [0, 0.1) is 0 Å². The molecule has 72 valence electrons. The summed E-state index contributed by atoms with van der Waals surface area (Å²) in [6.45, 7) is 4.97. The third-order valence-corrected chi connectivity index (χ3v) is 2.21. The quantitative estimate of drug-likeness (QED) is 0.770. The molecule has 1 fully saturated rings. The van der Waals surface area contributed by atoms with Gasteiger partial charge in [-0.25, -0.2) is 4.98 Å². The second-order valence-electron chi connectivity index (χ2n) is 3.97. The minimum absolute atomic E-state index is 0.483. The molecule has 0 bridgehead atoms. The highest BCUT2D eigenvalue weighted by Crippen LogP contribution is 2.40. The molecule has 13 heavy (non-hydrogen) atoms. The molecule has 1 aliphatic carbocycles. The number of nitrogens with one attached hydrogen (secondary N) is 1. The zero-order valence-corrected chi connectivity index (χ0v) is 8.21. The van der Waals surface area contributed by atoms with Crippen molar-refractivity contribution in [2.45, 2.75) is 45.2 Å². The highest BCUT2D eigenvalue weighted by Gasteiger charge is 2.27. The lowest BCUT2D eigenvalue weighted by Gasteiger charge is -2.03. The summed E-state index contributed by atoms with van der Waals surface area (Å²) in [4.78, 5) is 4.22. The Morgan fingerprint density at radius 3 is 3.00 bits per heavy atom. The number of nitrogens with zero attached hydrogens (tertiary/aromatic N) is 1. The molecule has 1 aliphatic rings. The van der Waals surface area contributed by atoms with Crippen molar-refractivity contribution >= 4 is 0 Å². The molecule has 0 spiro atoms. The van der Waals surface area contributed by atoms with Gasteiger partial charge in [0.15, 0.2) is 0 Å². The fourth-order valence-corrected chi connectivity index (χ4v) is 1.25. The lowest BCUT2D eigenvalue weighted by Crippen LogP contribution is -2.21. The number of rotatable bonds is 4. The first-order chi connectivity index (χ1) is 6.25. The average molecular weight is 180 g/mol. The number of hydrogen-bond acceptors (Lipinski definition) is 3. The van der Waals surface area contributed by atoms with Crippen molar-refractivity contribution in [2.24, 2.45) is 0 Å². The smallest absolute Gasteiger partial charge is 0.208 e. The number of hydrogen-bond donors (Lipinski definition) is 1. The van der Waals surface area contributed by atoms with Crippen molar-refractivity contribution in [3.05, 3.63) is 17.8 Å². The largest absolute Gasteiger partial charge is 0.444 e. The minimum Gasteiger partial charge on any atom is -0.444 e. The minimum atomic E-state index is 0.483. The summed E-state index contributed by atoms with van der Waals surface area (Å²) >= 11 is 0. The van der Waals surface area contributed by atoms with Crippen LogP contribution in [0.1, 0.15) is 44.3 Å². The summed E-state index contributed by atoms with van der Waals surface area (Å²) in [6.07, 6.45) is 4.41. The Labute approximate surface area is 78.5 Å². The van der Waals surface area contributed by atoms with Crippen molar-refractivity contribution in [1.82, 2.24) is 10.3 Å². The third kappa shape index (κ3) is 2.31. The topological polar surface area (TPSA) is 38.1 Å². The fraction of sp³-hybridized carbons (Fsp3) is 0.700. The second kappa shape index (κ2) is 3.50. The molecule has 2 rings (SSSR count). The molecule has 0 saturated heterocycles. The predicted molar refractivity (Wildman–Crippen MR) is 50.5 cm³/mol. The van der Waals surface area contributed by atoms with Crippen molar-refractivity contribution in [3.63, 3.8) is 0 Å². The summed E-state index contributed by atoms with van der Waals surface area (Å²) in [5.41, 5.74) is 0. The van der Waals surface area contributed by atoms with E-state index < -0.39 is 0 Å². The molecule has 0 amide bonds. The van der Waals surface area contributed by atoms with E-state index in [1.807, 2.05) is 6.20 Å². The zero-order chi connectivity index (χ0) is 9.26. The maximum absolute atomic E-state index is 5.58. The van der Waals surface area contributed by atoms with Crippen LogP contribution >= 0.6 is 0 Å². The summed E-state index contributed by atoms with van der Waals surface area (Å²) in [7, 11) is 0. The molecule has 1 aromatic heterocycles. The van der Waals surface area contributed by atoms with E-state index in [1.165, 1.54) is 12.8 Å². The van der Waals surface area contributed by atoms with Gasteiger partial charge >= 0.3 is 0 Å². The third-order valence-electron chi connectivity index (χ3n) is 2.21. The van der Waals surface area contributed by atoms with Crippen molar-refractivity contribution < 1.29 is 4.42 Å². The Balaban J connectivity index is 1.89. The van der Waals surface area contributed by atoms with Crippen LogP contribution < -0.4 is 5.32 Å². The predicted octanol–water partition coefficient (Wildman–Crippen LogP) is 2.05. The van der Waals surface area contributed by atoms with Crippen LogP contribution in [0.3, 0.4) is 0 Å². The van der Waals surface area contributed by atoms with Crippen LogP contribution in [0.5, 0.6) is 0 Å². The van der Waals surface area contributed by atoms with Crippen molar-refractivity contribution in [1.29, 1.82) is 0 Å². The highest BCUT2D eigenvalue weighted by atomic mass is 16.4. The normalized spacial score (nSPS) is 16.8. The van der Waals surface area contributed by atoms with Gasteiger partial charge in [-0.15, -0.1) is 0 Å². The molecule has 1 saturated carbocycles. The van der Waals surface area contributed by atoms with E-state index in [-0.39, 0.29) is 0 Å². The van der Waals surface area contributed by atoms with Gasteiger partial charge in [0.2, 0.25) is 5.89 Å². The highest BCUT2D eigenvalue weighted by molar-refractivity contribution is 5.08. The molecule has 0 aliphatic heterocycles. The first kappa shape index (κ1) is 8.75. The van der Waals surface area contributed by atoms with Gasteiger partial charge in [-0.2, -0.15) is 0 Å². The molecule has 3 nitrogen and oxygen atoms in total. The van der Waals surface area contributed by atoms with Gasteiger partial charge in [-0.1, -0.05) is 13.8 Å². The molecule has 3 heteroatoms. The molecule has 1 heterocycles. The van der Waals surface area contributed by atoms with Gasteiger partial charge in [0, 0.05) is 12.0 Å². The van der Waals surface area contributed by atoms with E-state index >= 15 is 0 Å². The molecule has 1 aromatic rings. The van der Waals surface area contributed by atoms with Crippen LogP contribution in [-0.2, 0) is 6.54 Å². The molecule has 1 N–H and O–H groups in total. The Morgan fingerprint density at radius 1 is 1.62 bits per heavy atom. The van der Waals surface area contributed by atoms with Crippen LogP contribution in [0.25, 0.3) is 0 Å². The van der Waals surface area contributed by atoms with Gasteiger partial charge in [0.25, 0.3) is 0 Å². The van der Waals surface area contributed by atoms with E-state index in [0.29, 0.717) is 12.0 Å². The van der Waals surface area contributed by atoms with Crippen molar-refractivity contribution in [3.8, 4) is 0 Å². The Bertz CT molecular complexity index is 276. The number of oxazole rings is 1. The summed E-state index contributed by atoms with van der Waals surface area (Å²) < 4.78 is 5.58. The summed E-state index contributed by atoms with van der Waals surface area (Å²) in [5, 5.41) is 3.28. The van der Waals surface area contributed by atoms with Crippen LogP contribution in [0.4, 0.5) is 0 Å². The first-order valence-electron chi connectivity index (χ1n) is 4.93. The molecular formula is C10H16N2O. The lowest BCUT2D eigenvalue weighted by molar-refractivity contribution is 0.425. The summed E-state index contributed by atoms with van der Waals surface area (Å²) in [5.74, 6) is 2.55. The molecular weight excluding hydrogens is 164 g/mol. The van der Waals surface area contributed by atoms with E-state index in [1.54, 1.807) is 0 Å². The lowest BCUT2D eigenvalue weighted by atomic mass is 10.3. The fourth-order valence-electron chi connectivity index (χ4n) is 1.25. The SMILES string of the molecule is CC(C)NCc1ncc(C2CC2)o1. The van der Waals surface area contributed by atoms with Gasteiger partial charge in [0.05, 0.1) is 12.7 Å². The van der Waals surface area contributed by atoms with E-state index in [0.717, 1.165) is 18.2 Å². The Kier molecular flexibility index (Phi) is 2.36. The van der Waals surface area contributed by atoms with Gasteiger partial charge in [-0.3, -0.25) is 0 Å². The van der Waals surface area contributed by atoms with Crippen LogP contribution in [0.15, 0.2) is 10.6 Å². The zero-order valence-electron chi connectivity index (χ0n) is 8.21. The van der Waals surface area contributed by atoms with Crippen molar-refractivity contribution in [2.75, 3.05) is 0 Å². The first-order valence-corrected chi connectivity index (χ1v) is 4.93. The second-order valence-corrected chi connectivity index (χ2v) is 3.97. The maximum Gasteiger partial charge on any atom is 0.208 e. The summed E-state index contributed by atoms with van der Waals surface area (Å²) in [6, 6.07) is 0.483. The van der Waals surface area contributed by atoms with Crippen LogP contribution in [-0.4, -0.2) is 11.0 Å².